The van der Waals surface area contributed by atoms with Crippen molar-refractivity contribution in [2.75, 3.05) is 4.90 Å². The molecule has 108 valence electrons. The van der Waals surface area contributed by atoms with Gasteiger partial charge in [-0.25, -0.2) is 0 Å². The number of allylic oxidation sites excluding steroid dienone is 1. The van der Waals surface area contributed by atoms with Crippen LogP contribution in [0.15, 0.2) is 24.3 Å². The smallest absolute Gasteiger partial charge is 0.244 e. The van der Waals surface area contributed by atoms with Crippen LogP contribution in [0, 0.1) is 6.92 Å². The summed E-state index contributed by atoms with van der Waals surface area (Å²) in [5, 5.41) is 0. The number of para-hydroxylation sites is 1. The Morgan fingerprint density at radius 1 is 1.25 bits per heavy atom. The van der Waals surface area contributed by atoms with E-state index >= 15 is 0 Å². The summed E-state index contributed by atoms with van der Waals surface area (Å²) >= 11 is 3.51. The fraction of sp³-hybridized carbons (Fsp3) is 0.471. The van der Waals surface area contributed by atoms with Crippen molar-refractivity contribution in [1.29, 1.82) is 0 Å². The Morgan fingerprint density at radius 3 is 2.40 bits per heavy atom. The van der Waals surface area contributed by atoms with Gasteiger partial charge in [0.05, 0.1) is 15.6 Å². The van der Waals surface area contributed by atoms with Crippen LogP contribution in [0.1, 0.15) is 45.7 Å². The molecular formula is C17H22BrNO. The molecule has 1 amide bonds. The van der Waals surface area contributed by atoms with Crippen LogP contribution in [0.4, 0.5) is 5.69 Å². The highest BCUT2D eigenvalue weighted by atomic mass is 79.9. The lowest BCUT2D eigenvalue weighted by molar-refractivity contribution is -0.120. The van der Waals surface area contributed by atoms with Gasteiger partial charge in [0.15, 0.2) is 0 Å². The molecule has 3 heteroatoms. The Morgan fingerprint density at radius 2 is 1.85 bits per heavy atom. The summed E-state index contributed by atoms with van der Waals surface area (Å²) in [6.07, 6.45) is 2.17. The van der Waals surface area contributed by atoms with Crippen LogP contribution in [-0.4, -0.2) is 15.8 Å². The molecule has 2 nitrogen and oxygen atoms in total. The number of rotatable bonds is 1. The number of amides is 1. The number of fused-ring (bicyclic) bond motifs is 1. The first-order valence-electron chi connectivity index (χ1n) is 6.89. The van der Waals surface area contributed by atoms with Gasteiger partial charge in [0.2, 0.25) is 5.91 Å². The summed E-state index contributed by atoms with van der Waals surface area (Å²) in [6.45, 7) is 12.1. The molecule has 0 saturated heterocycles. The second-order valence-electron chi connectivity index (χ2n) is 6.57. The summed E-state index contributed by atoms with van der Waals surface area (Å²) in [5.41, 5.74) is 4.22. The first-order chi connectivity index (χ1) is 9.05. The average molecular weight is 336 g/mol. The summed E-state index contributed by atoms with van der Waals surface area (Å²) < 4.78 is -0.580. The van der Waals surface area contributed by atoms with E-state index in [9.17, 15) is 4.79 Å². The number of aryl methyl sites for hydroxylation is 1. The van der Waals surface area contributed by atoms with E-state index in [1.807, 2.05) is 24.8 Å². The number of hydrogen-bond donors (Lipinski definition) is 0. The third-order valence-corrected chi connectivity index (χ3v) is 4.08. The molecule has 0 unspecified atom stereocenters. The molecule has 0 N–H and O–H groups in total. The minimum Gasteiger partial charge on any atom is -0.301 e. The molecule has 0 aliphatic carbocycles. The predicted molar refractivity (Wildman–Crippen MR) is 89.4 cm³/mol. The Balaban J connectivity index is 2.72. The van der Waals surface area contributed by atoms with Gasteiger partial charge in [0.1, 0.15) is 0 Å². The molecule has 1 heterocycles. The highest BCUT2D eigenvalue weighted by Crippen LogP contribution is 2.42. The highest BCUT2D eigenvalue weighted by Gasteiger charge is 2.41. The summed E-state index contributed by atoms with van der Waals surface area (Å²) in [6, 6.07) is 6.20. The van der Waals surface area contributed by atoms with Crippen molar-refractivity contribution in [2.45, 2.75) is 51.4 Å². The number of halogens is 1. The van der Waals surface area contributed by atoms with Crippen LogP contribution >= 0.6 is 15.9 Å². The van der Waals surface area contributed by atoms with E-state index in [2.05, 4.69) is 61.8 Å². The van der Waals surface area contributed by atoms with Crippen LogP contribution in [-0.2, 0) is 4.79 Å². The number of nitrogens with zero attached hydrogens (tertiary/aromatic N) is 1. The van der Waals surface area contributed by atoms with Gasteiger partial charge in [-0.1, -0.05) is 40.2 Å². The number of hydrogen-bond acceptors (Lipinski definition) is 1. The lowest BCUT2D eigenvalue weighted by atomic mass is 9.86. The quantitative estimate of drug-likeness (QED) is 0.681. The van der Waals surface area contributed by atoms with Gasteiger partial charge in [0.25, 0.3) is 0 Å². The van der Waals surface area contributed by atoms with Gasteiger partial charge in [-0.2, -0.15) is 0 Å². The standard InChI is InChI=1S/C17H22BrNO/c1-11-8-7-9-13-12(2)10-16(3,4)19(14(11)13)15(20)17(5,6)18/h7-10H,1-6H3. The molecule has 2 rings (SSSR count). The van der Waals surface area contributed by atoms with Crippen molar-refractivity contribution >= 4 is 33.1 Å². The van der Waals surface area contributed by atoms with Gasteiger partial charge in [-0.3, -0.25) is 4.79 Å². The van der Waals surface area contributed by atoms with E-state index in [4.69, 9.17) is 0 Å². The number of carbonyl (C=O) groups excluding carboxylic acids is 1. The molecule has 1 aromatic carbocycles. The Labute approximate surface area is 130 Å². The Bertz CT molecular complexity index is 593. The van der Waals surface area contributed by atoms with E-state index in [0.717, 1.165) is 16.8 Å². The summed E-state index contributed by atoms with van der Waals surface area (Å²) in [7, 11) is 0. The largest absolute Gasteiger partial charge is 0.301 e. The molecule has 1 aliphatic rings. The predicted octanol–water partition coefficient (Wildman–Crippen LogP) is 4.70. The number of alkyl halides is 1. The van der Waals surface area contributed by atoms with Crippen molar-refractivity contribution in [3.05, 3.63) is 35.4 Å². The van der Waals surface area contributed by atoms with E-state index in [-0.39, 0.29) is 11.4 Å². The summed E-state index contributed by atoms with van der Waals surface area (Å²) in [5.74, 6) is 0.0850. The molecule has 0 spiro atoms. The van der Waals surface area contributed by atoms with Crippen molar-refractivity contribution in [2.24, 2.45) is 0 Å². The summed E-state index contributed by atoms with van der Waals surface area (Å²) in [4.78, 5) is 14.8. The second kappa shape index (κ2) is 4.73. The molecule has 0 aromatic heterocycles. The van der Waals surface area contributed by atoms with Crippen molar-refractivity contribution in [3.8, 4) is 0 Å². The lowest BCUT2D eigenvalue weighted by Crippen LogP contribution is -2.54. The van der Waals surface area contributed by atoms with Gasteiger partial charge in [0, 0.05) is 5.56 Å². The van der Waals surface area contributed by atoms with E-state index < -0.39 is 4.32 Å². The molecule has 0 bridgehead atoms. The minimum atomic E-state index is -0.580. The van der Waals surface area contributed by atoms with E-state index in [0.29, 0.717) is 0 Å². The third-order valence-electron chi connectivity index (χ3n) is 3.74. The second-order valence-corrected chi connectivity index (χ2v) is 8.55. The van der Waals surface area contributed by atoms with Crippen LogP contribution < -0.4 is 4.90 Å². The highest BCUT2D eigenvalue weighted by molar-refractivity contribution is 9.10. The first-order valence-corrected chi connectivity index (χ1v) is 7.68. The van der Waals surface area contributed by atoms with Crippen LogP contribution in [0.5, 0.6) is 0 Å². The lowest BCUT2D eigenvalue weighted by Gasteiger charge is -2.44. The first kappa shape index (κ1) is 15.3. The SMILES string of the molecule is CC1=CC(C)(C)N(C(=O)C(C)(C)Br)c2c(C)cccc21. The maximum absolute atomic E-state index is 12.9. The topological polar surface area (TPSA) is 20.3 Å². The van der Waals surface area contributed by atoms with Gasteiger partial charge in [-0.05, 0) is 52.7 Å². The molecule has 0 radical (unpaired) electrons. The van der Waals surface area contributed by atoms with Gasteiger partial charge < -0.3 is 4.90 Å². The van der Waals surface area contributed by atoms with Crippen LogP contribution in [0.3, 0.4) is 0 Å². The fourth-order valence-corrected chi connectivity index (χ4v) is 3.04. The molecule has 0 saturated carbocycles. The molecule has 1 aromatic rings. The minimum absolute atomic E-state index is 0.0850. The molecule has 0 atom stereocenters. The van der Waals surface area contributed by atoms with Gasteiger partial charge in [-0.15, -0.1) is 0 Å². The zero-order valence-corrected chi connectivity index (χ0v) is 14.6. The van der Waals surface area contributed by atoms with Crippen LogP contribution in [0.2, 0.25) is 0 Å². The molecular weight excluding hydrogens is 314 g/mol. The molecule has 1 aliphatic heterocycles. The Kier molecular flexibility index (Phi) is 3.62. The normalized spacial score (nSPS) is 17.6. The number of carbonyl (C=O) groups is 1. The molecule has 20 heavy (non-hydrogen) atoms. The van der Waals surface area contributed by atoms with Crippen molar-refractivity contribution in [3.63, 3.8) is 0 Å². The third kappa shape index (κ3) is 2.44. The zero-order valence-electron chi connectivity index (χ0n) is 13.0. The number of benzene rings is 1. The van der Waals surface area contributed by atoms with Gasteiger partial charge >= 0.3 is 0 Å². The fourth-order valence-electron chi connectivity index (χ4n) is 2.86. The van der Waals surface area contributed by atoms with E-state index in [1.54, 1.807) is 0 Å². The maximum Gasteiger partial charge on any atom is 0.244 e. The number of anilines is 1. The molecule has 0 fully saturated rings. The Hall–Kier alpha value is -1.09. The van der Waals surface area contributed by atoms with Crippen molar-refractivity contribution < 1.29 is 4.79 Å². The maximum atomic E-state index is 12.9. The average Bonchev–Trinajstić information content (AvgIpc) is 2.27. The van der Waals surface area contributed by atoms with E-state index in [1.165, 1.54) is 5.57 Å². The zero-order chi connectivity index (χ0) is 15.3. The van der Waals surface area contributed by atoms with Crippen LogP contribution in [0.25, 0.3) is 5.57 Å². The van der Waals surface area contributed by atoms with Crippen molar-refractivity contribution in [1.82, 2.24) is 0 Å². The monoisotopic (exact) mass is 335 g/mol.